The van der Waals surface area contributed by atoms with Gasteiger partial charge in [0.2, 0.25) is 5.91 Å². The van der Waals surface area contributed by atoms with Gasteiger partial charge in [-0.1, -0.05) is 43.8 Å². The van der Waals surface area contributed by atoms with Crippen molar-refractivity contribution in [1.82, 2.24) is 25.1 Å². The van der Waals surface area contributed by atoms with Crippen LogP contribution in [0.4, 0.5) is 0 Å². The highest BCUT2D eigenvalue weighted by Gasteiger charge is 2.28. The fourth-order valence-electron chi connectivity index (χ4n) is 3.18. The zero-order valence-corrected chi connectivity index (χ0v) is 17.7. The molecular formula is C22H25N5OS. The first-order valence-electron chi connectivity index (χ1n) is 9.96. The summed E-state index contributed by atoms with van der Waals surface area (Å²) in [6.07, 6.45) is 5.68. The van der Waals surface area contributed by atoms with Crippen LogP contribution in [0.3, 0.4) is 0 Å². The average Bonchev–Trinajstić information content (AvgIpc) is 3.45. The minimum absolute atomic E-state index is 0.0483. The Morgan fingerprint density at radius 3 is 2.62 bits per heavy atom. The van der Waals surface area contributed by atoms with E-state index in [-0.39, 0.29) is 11.2 Å². The van der Waals surface area contributed by atoms with Crippen LogP contribution in [0.5, 0.6) is 0 Å². The van der Waals surface area contributed by atoms with Gasteiger partial charge in [0.15, 0.2) is 11.0 Å². The van der Waals surface area contributed by atoms with E-state index in [4.69, 9.17) is 0 Å². The van der Waals surface area contributed by atoms with Crippen LogP contribution in [0.15, 0.2) is 53.9 Å². The summed E-state index contributed by atoms with van der Waals surface area (Å²) in [5, 5.41) is 12.4. The van der Waals surface area contributed by atoms with Gasteiger partial charge in [-0.05, 0) is 49.4 Å². The smallest absolute Gasteiger partial charge is 0.233 e. The molecule has 0 unspecified atom stereocenters. The molecule has 29 heavy (non-hydrogen) atoms. The van der Waals surface area contributed by atoms with E-state index < -0.39 is 0 Å². The molecule has 0 bridgehead atoms. The largest absolute Gasteiger partial charge is 0.352 e. The second-order valence-electron chi connectivity index (χ2n) is 7.64. The van der Waals surface area contributed by atoms with Crippen molar-refractivity contribution in [2.75, 3.05) is 0 Å². The predicted octanol–water partition coefficient (Wildman–Crippen LogP) is 4.21. The molecule has 0 radical (unpaired) electrons. The average molecular weight is 408 g/mol. The molecule has 2 aromatic heterocycles. The third kappa shape index (κ3) is 4.34. The summed E-state index contributed by atoms with van der Waals surface area (Å²) in [6.45, 7) is 6.26. The SMILES string of the molecule is CC(C)c1ccccc1-n1c(S[C@H](C)C(=O)NC2CC2)nnc1-c1cccnc1. The monoisotopic (exact) mass is 407 g/mol. The number of rotatable bonds is 7. The quantitative estimate of drug-likeness (QED) is 0.594. The van der Waals surface area contributed by atoms with Crippen molar-refractivity contribution in [1.29, 1.82) is 0 Å². The molecule has 150 valence electrons. The van der Waals surface area contributed by atoms with Crippen LogP contribution in [0.1, 0.15) is 45.1 Å². The lowest BCUT2D eigenvalue weighted by molar-refractivity contribution is -0.120. The van der Waals surface area contributed by atoms with Gasteiger partial charge in [0.1, 0.15) is 0 Å². The van der Waals surface area contributed by atoms with Gasteiger partial charge in [0.05, 0.1) is 10.9 Å². The van der Waals surface area contributed by atoms with Crippen LogP contribution in [-0.2, 0) is 4.79 Å². The molecule has 1 atom stereocenters. The number of hydrogen-bond donors (Lipinski definition) is 1. The molecule has 1 amide bonds. The number of carbonyl (C=O) groups excluding carboxylic acids is 1. The number of aromatic nitrogens is 4. The Morgan fingerprint density at radius 2 is 1.93 bits per heavy atom. The van der Waals surface area contributed by atoms with E-state index in [0.29, 0.717) is 17.1 Å². The summed E-state index contributed by atoms with van der Waals surface area (Å²) in [5.74, 6) is 1.11. The van der Waals surface area contributed by atoms with Crippen LogP contribution in [0, 0.1) is 0 Å². The van der Waals surface area contributed by atoms with Crippen molar-refractivity contribution < 1.29 is 4.79 Å². The van der Waals surface area contributed by atoms with E-state index in [1.807, 2.05) is 31.2 Å². The van der Waals surface area contributed by atoms with Gasteiger partial charge < -0.3 is 5.32 Å². The third-order valence-corrected chi connectivity index (χ3v) is 5.97. The molecule has 4 rings (SSSR count). The summed E-state index contributed by atoms with van der Waals surface area (Å²) >= 11 is 1.44. The molecule has 1 aromatic carbocycles. The molecule has 0 saturated heterocycles. The Balaban J connectivity index is 1.76. The van der Waals surface area contributed by atoms with Crippen molar-refractivity contribution in [3.63, 3.8) is 0 Å². The number of carbonyl (C=O) groups is 1. The first-order valence-corrected chi connectivity index (χ1v) is 10.8. The van der Waals surface area contributed by atoms with Crippen molar-refractivity contribution >= 4 is 17.7 Å². The number of benzene rings is 1. The van der Waals surface area contributed by atoms with E-state index in [2.05, 4.69) is 51.0 Å². The molecule has 3 aromatic rings. The fourth-order valence-corrected chi connectivity index (χ4v) is 4.05. The first kappa shape index (κ1) is 19.6. The molecule has 7 heteroatoms. The molecule has 0 spiro atoms. The molecule has 1 saturated carbocycles. The lowest BCUT2D eigenvalue weighted by Gasteiger charge is -2.18. The lowest BCUT2D eigenvalue weighted by atomic mass is 10.0. The van der Waals surface area contributed by atoms with Gasteiger partial charge in [0.25, 0.3) is 0 Å². The van der Waals surface area contributed by atoms with Crippen LogP contribution >= 0.6 is 11.8 Å². The van der Waals surface area contributed by atoms with Gasteiger partial charge >= 0.3 is 0 Å². The molecular weight excluding hydrogens is 382 g/mol. The highest BCUT2D eigenvalue weighted by Crippen LogP contribution is 2.33. The number of amides is 1. The number of nitrogens with one attached hydrogen (secondary N) is 1. The van der Waals surface area contributed by atoms with Crippen LogP contribution < -0.4 is 5.32 Å². The van der Waals surface area contributed by atoms with E-state index in [1.165, 1.54) is 17.3 Å². The second-order valence-corrected chi connectivity index (χ2v) is 8.95. The maximum atomic E-state index is 12.5. The van der Waals surface area contributed by atoms with Crippen molar-refractivity contribution in [3.8, 4) is 17.1 Å². The molecule has 0 aliphatic heterocycles. The zero-order chi connectivity index (χ0) is 20.4. The number of thioether (sulfide) groups is 1. The zero-order valence-electron chi connectivity index (χ0n) is 16.9. The van der Waals surface area contributed by atoms with Gasteiger partial charge in [-0.2, -0.15) is 0 Å². The minimum atomic E-state index is -0.258. The maximum Gasteiger partial charge on any atom is 0.233 e. The summed E-state index contributed by atoms with van der Waals surface area (Å²) in [7, 11) is 0. The summed E-state index contributed by atoms with van der Waals surface area (Å²) in [6, 6.07) is 12.5. The van der Waals surface area contributed by atoms with E-state index in [1.54, 1.807) is 12.4 Å². The summed E-state index contributed by atoms with van der Waals surface area (Å²) in [5.41, 5.74) is 3.12. The second kappa shape index (κ2) is 8.37. The summed E-state index contributed by atoms with van der Waals surface area (Å²) < 4.78 is 2.05. The fraction of sp³-hybridized carbons (Fsp3) is 0.364. The van der Waals surface area contributed by atoms with Gasteiger partial charge in [-0.15, -0.1) is 10.2 Å². The van der Waals surface area contributed by atoms with Crippen molar-refractivity contribution in [3.05, 3.63) is 54.4 Å². The number of para-hydroxylation sites is 1. The highest BCUT2D eigenvalue weighted by atomic mass is 32.2. The van der Waals surface area contributed by atoms with Crippen molar-refractivity contribution in [2.24, 2.45) is 0 Å². The van der Waals surface area contributed by atoms with E-state index in [0.717, 1.165) is 29.9 Å². The van der Waals surface area contributed by atoms with E-state index >= 15 is 0 Å². The van der Waals surface area contributed by atoms with E-state index in [9.17, 15) is 4.79 Å². The molecule has 1 aliphatic carbocycles. The Bertz CT molecular complexity index is 997. The molecule has 2 heterocycles. The maximum absolute atomic E-state index is 12.5. The lowest BCUT2D eigenvalue weighted by Crippen LogP contribution is -2.32. The van der Waals surface area contributed by atoms with Gasteiger partial charge in [0, 0.05) is 24.0 Å². The van der Waals surface area contributed by atoms with Crippen LogP contribution in [0.25, 0.3) is 17.1 Å². The Morgan fingerprint density at radius 1 is 1.14 bits per heavy atom. The standard InChI is InChI=1S/C22H25N5OS/c1-14(2)18-8-4-5-9-19(18)27-20(16-7-6-12-23-13-16)25-26-22(27)29-15(3)21(28)24-17-10-11-17/h4-9,12-15,17H,10-11H2,1-3H3,(H,24,28)/t15-/m1/s1. The number of hydrogen-bond acceptors (Lipinski definition) is 5. The summed E-state index contributed by atoms with van der Waals surface area (Å²) in [4.78, 5) is 16.7. The van der Waals surface area contributed by atoms with Crippen LogP contribution in [0.2, 0.25) is 0 Å². The van der Waals surface area contributed by atoms with Crippen molar-refractivity contribution in [2.45, 2.75) is 56.0 Å². The Hall–Kier alpha value is -2.67. The number of pyridine rings is 1. The topological polar surface area (TPSA) is 72.7 Å². The first-order chi connectivity index (χ1) is 14.0. The Labute approximate surface area is 175 Å². The predicted molar refractivity (Wildman–Crippen MR) is 115 cm³/mol. The molecule has 6 nitrogen and oxygen atoms in total. The third-order valence-electron chi connectivity index (χ3n) is 4.93. The number of nitrogens with zero attached hydrogens (tertiary/aromatic N) is 4. The molecule has 1 N–H and O–H groups in total. The molecule has 1 aliphatic rings. The minimum Gasteiger partial charge on any atom is -0.352 e. The van der Waals surface area contributed by atoms with Gasteiger partial charge in [-0.25, -0.2) is 0 Å². The Kier molecular flexibility index (Phi) is 5.67. The molecule has 1 fully saturated rings. The van der Waals surface area contributed by atoms with Gasteiger partial charge in [-0.3, -0.25) is 14.3 Å². The normalized spacial score (nSPS) is 14.8. The van der Waals surface area contributed by atoms with Crippen LogP contribution in [-0.4, -0.2) is 36.9 Å². The highest BCUT2D eigenvalue weighted by molar-refractivity contribution is 8.00.